The van der Waals surface area contributed by atoms with Gasteiger partial charge in [-0.25, -0.2) is 0 Å². The standard InChI is InChI=1S/C35H30BrCl2N3O5/c1-34(2,18-42)41-32(44)19-6-10-24(11-7-19)46-29-13-8-21(36)15-25(29)31-35(26-12-9-23(38)16-28(26)39-33(35)45)27(17-30(43)40-31)20-4-3-5-22(37)14-20/h3-16,27,31,42H,17-18H2,1-2H3,(H,39,45)(H,40,43)(H,41,44)/t27-,31+,35-/m0/s1. The maximum Gasteiger partial charge on any atom is 0.251 e. The van der Waals surface area contributed by atoms with Crippen LogP contribution in [0.2, 0.25) is 10.0 Å². The minimum Gasteiger partial charge on any atom is -0.457 e. The number of nitrogens with one attached hydrogen (secondary N) is 3. The van der Waals surface area contributed by atoms with Crippen molar-refractivity contribution in [3.63, 3.8) is 0 Å². The van der Waals surface area contributed by atoms with E-state index in [0.717, 1.165) is 10.0 Å². The highest BCUT2D eigenvalue weighted by atomic mass is 79.9. The number of ether oxygens (including phenoxy) is 1. The lowest BCUT2D eigenvalue weighted by Crippen LogP contribution is -2.56. The molecule has 1 fully saturated rings. The number of aliphatic hydroxyl groups excluding tert-OH is 1. The van der Waals surface area contributed by atoms with Crippen LogP contribution in [0.5, 0.6) is 11.5 Å². The molecule has 1 spiro atoms. The Hall–Kier alpha value is -3.89. The zero-order valence-corrected chi connectivity index (χ0v) is 28.0. The number of hydrogen-bond acceptors (Lipinski definition) is 5. The maximum absolute atomic E-state index is 14.4. The molecule has 0 radical (unpaired) electrons. The highest BCUT2D eigenvalue weighted by Crippen LogP contribution is 2.58. The summed E-state index contributed by atoms with van der Waals surface area (Å²) in [5.41, 5.74) is 0.910. The summed E-state index contributed by atoms with van der Waals surface area (Å²) >= 11 is 16.4. The number of benzene rings is 4. The van der Waals surface area contributed by atoms with E-state index in [1.54, 1.807) is 68.4 Å². The Bertz CT molecular complexity index is 1870. The van der Waals surface area contributed by atoms with E-state index in [4.69, 9.17) is 27.9 Å². The van der Waals surface area contributed by atoms with Crippen LogP contribution >= 0.6 is 39.1 Å². The Balaban J connectivity index is 1.46. The lowest BCUT2D eigenvalue weighted by molar-refractivity contribution is -0.131. The molecule has 0 aromatic heterocycles. The lowest BCUT2D eigenvalue weighted by Gasteiger charge is -2.46. The van der Waals surface area contributed by atoms with Gasteiger partial charge < -0.3 is 25.8 Å². The van der Waals surface area contributed by atoms with Gasteiger partial charge >= 0.3 is 0 Å². The van der Waals surface area contributed by atoms with Crippen molar-refractivity contribution in [2.24, 2.45) is 0 Å². The molecule has 2 aliphatic heterocycles. The summed E-state index contributed by atoms with van der Waals surface area (Å²) in [5.74, 6) is -0.588. The van der Waals surface area contributed by atoms with Crippen LogP contribution in [0, 0.1) is 0 Å². The predicted molar refractivity (Wildman–Crippen MR) is 181 cm³/mol. The largest absolute Gasteiger partial charge is 0.457 e. The summed E-state index contributed by atoms with van der Waals surface area (Å²) in [5, 5.41) is 19.4. The second-order valence-corrected chi connectivity index (χ2v) is 13.9. The average Bonchev–Trinajstić information content (AvgIpc) is 3.29. The summed E-state index contributed by atoms with van der Waals surface area (Å²) in [7, 11) is 0. The third-order valence-corrected chi connectivity index (χ3v) is 9.44. The molecule has 0 bridgehead atoms. The minimum atomic E-state index is -1.29. The number of rotatable bonds is 7. The van der Waals surface area contributed by atoms with Crippen LogP contribution in [0.1, 0.15) is 59.3 Å². The van der Waals surface area contributed by atoms with E-state index in [9.17, 15) is 19.5 Å². The van der Waals surface area contributed by atoms with Gasteiger partial charge in [0, 0.05) is 43.7 Å². The first-order valence-corrected chi connectivity index (χ1v) is 16.1. The molecule has 0 unspecified atom stereocenters. The highest BCUT2D eigenvalue weighted by molar-refractivity contribution is 9.10. The first-order valence-electron chi connectivity index (χ1n) is 14.6. The highest BCUT2D eigenvalue weighted by Gasteiger charge is 2.61. The van der Waals surface area contributed by atoms with Crippen molar-refractivity contribution < 1.29 is 24.2 Å². The van der Waals surface area contributed by atoms with Crippen molar-refractivity contribution in [3.05, 3.63) is 122 Å². The normalized spacial score (nSPS) is 20.6. The SMILES string of the molecule is CC(C)(CO)NC(=O)c1ccc(Oc2ccc(Br)cc2[C@H]2NC(=O)C[C@@H](c3cccc(Cl)c3)[C@]23C(=O)Nc2cc(Cl)ccc23)cc1. The summed E-state index contributed by atoms with van der Waals surface area (Å²) in [6.45, 7) is 3.24. The van der Waals surface area contributed by atoms with E-state index in [0.29, 0.717) is 43.9 Å². The van der Waals surface area contributed by atoms with E-state index in [-0.39, 0.29) is 30.7 Å². The van der Waals surface area contributed by atoms with Crippen LogP contribution in [-0.4, -0.2) is 35.0 Å². The first kappa shape index (κ1) is 32.1. The number of anilines is 1. The fraction of sp³-hybridized carbons (Fsp3) is 0.229. The second kappa shape index (κ2) is 12.4. The molecule has 46 heavy (non-hydrogen) atoms. The average molecular weight is 723 g/mol. The van der Waals surface area contributed by atoms with Crippen LogP contribution in [0.3, 0.4) is 0 Å². The zero-order valence-electron chi connectivity index (χ0n) is 24.9. The minimum absolute atomic E-state index is 0.0487. The third-order valence-electron chi connectivity index (χ3n) is 8.48. The van der Waals surface area contributed by atoms with Gasteiger partial charge in [-0.15, -0.1) is 0 Å². The Labute approximate surface area is 284 Å². The van der Waals surface area contributed by atoms with Crippen LogP contribution in [0.4, 0.5) is 5.69 Å². The number of hydrogen-bond donors (Lipinski definition) is 4. The molecule has 236 valence electrons. The van der Waals surface area contributed by atoms with Gasteiger partial charge in [-0.05, 0) is 91.7 Å². The van der Waals surface area contributed by atoms with Crippen LogP contribution in [-0.2, 0) is 15.0 Å². The van der Waals surface area contributed by atoms with E-state index in [1.807, 2.05) is 30.3 Å². The molecule has 4 N–H and O–H groups in total. The lowest BCUT2D eigenvalue weighted by atomic mass is 9.59. The molecular formula is C35H30BrCl2N3O5. The molecule has 0 aliphatic carbocycles. The molecule has 4 aromatic rings. The Morgan fingerprint density at radius 1 is 1.02 bits per heavy atom. The fourth-order valence-corrected chi connectivity index (χ4v) is 7.08. The number of aliphatic hydroxyl groups is 1. The summed E-state index contributed by atoms with van der Waals surface area (Å²) in [4.78, 5) is 40.6. The van der Waals surface area contributed by atoms with Crippen LogP contribution in [0.25, 0.3) is 0 Å². The van der Waals surface area contributed by atoms with Gasteiger partial charge in [0.25, 0.3) is 5.91 Å². The Morgan fingerprint density at radius 2 is 1.76 bits per heavy atom. The van der Waals surface area contributed by atoms with Gasteiger partial charge in [-0.1, -0.05) is 57.3 Å². The summed E-state index contributed by atoms with van der Waals surface area (Å²) < 4.78 is 7.12. The van der Waals surface area contributed by atoms with E-state index >= 15 is 0 Å². The zero-order chi connectivity index (χ0) is 32.8. The monoisotopic (exact) mass is 721 g/mol. The number of piperidine rings is 1. The molecule has 4 aromatic carbocycles. The van der Waals surface area contributed by atoms with Crippen molar-refractivity contribution in [3.8, 4) is 11.5 Å². The number of halogens is 3. The van der Waals surface area contributed by atoms with Crippen molar-refractivity contribution >= 4 is 62.5 Å². The fourth-order valence-electron chi connectivity index (χ4n) is 6.33. The van der Waals surface area contributed by atoms with Crippen molar-refractivity contribution in [1.82, 2.24) is 10.6 Å². The quantitative estimate of drug-likeness (QED) is 0.160. The molecule has 8 nitrogen and oxygen atoms in total. The number of carbonyl (C=O) groups is 3. The summed E-state index contributed by atoms with van der Waals surface area (Å²) in [6.07, 6.45) is 0.0487. The van der Waals surface area contributed by atoms with E-state index < -0.39 is 22.9 Å². The maximum atomic E-state index is 14.4. The van der Waals surface area contributed by atoms with Crippen molar-refractivity contribution in [2.45, 2.75) is 43.2 Å². The van der Waals surface area contributed by atoms with Crippen molar-refractivity contribution in [2.75, 3.05) is 11.9 Å². The number of amides is 3. The molecule has 1 saturated heterocycles. The molecule has 3 amide bonds. The molecule has 11 heteroatoms. The Kier molecular flexibility index (Phi) is 8.63. The molecule has 2 aliphatic rings. The third kappa shape index (κ3) is 5.88. The molecule has 6 rings (SSSR count). The van der Waals surface area contributed by atoms with Crippen LogP contribution in [0.15, 0.2) is 89.4 Å². The van der Waals surface area contributed by atoms with Gasteiger partial charge in [0.15, 0.2) is 0 Å². The van der Waals surface area contributed by atoms with Gasteiger partial charge in [-0.3, -0.25) is 14.4 Å². The molecule has 2 heterocycles. The Morgan fingerprint density at radius 3 is 2.48 bits per heavy atom. The molecule has 0 saturated carbocycles. The first-order chi connectivity index (χ1) is 21.9. The van der Waals surface area contributed by atoms with Gasteiger partial charge in [0.2, 0.25) is 11.8 Å². The molecule has 3 atom stereocenters. The van der Waals surface area contributed by atoms with Crippen molar-refractivity contribution in [1.29, 1.82) is 0 Å². The predicted octanol–water partition coefficient (Wildman–Crippen LogP) is 7.28. The van der Waals surface area contributed by atoms with E-state index in [2.05, 4.69) is 31.9 Å². The molecular weight excluding hydrogens is 693 g/mol. The van der Waals surface area contributed by atoms with Crippen LogP contribution < -0.4 is 20.7 Å². The second-order valence-electron chi connectivity index (χ2n) is 12.1. The number of carbonyl (C=O) groups excluding carboxylic acids is 3. The van der Waals surface area contributed by atoms with Gasteiger partial charge in [-0.2, -0.15) is 0 Å². The van der Waals surface area contributed by atoms with Gasteiger partial charge in [0.05, 0.1) is 18.2 Å². The van der Waals surface area contributed by atoms with E-state index in [1.165, 1.54) is 0 Å². The van der Waals surface area contributed by atoms with Gasteiger partial charge in [0.1, 0.15) is 16.9 Å². The topological polar surface area (TPSA) is 117 Å². The number of fused-ring (bicyclic) bond motifs is 2. The smallest absolute Gasteiger partial charge is 0.251 e. The summed E-state index contributed by atoms with van der Waals surface area (Å²) in [6, 6.07) is 23.6.